The summed E-state index contributed by atoms with van der Waals surface area (Å²) in [6, 6.07) is 7.90. The van der Waals surface area contributed by atoms with E-state index in [1.165, 1.54) is 0 Å². The van der Waals surface area contributed by atoms with Crippen LogP contribution in [0.25, 0.3) is 0 Å². The molecular formula is C22H30N3O4+. The van der Waals surface area contributed by atoms with Crippen molar-refractivity contribution in [2.75, 3.05) is 40.4 Å². The van der Waals surface area contributed by atoms with Crippen LogP contribution in [0.3, 0.4) is 0 Å². The Kier molecular flexibility index (Phi) is 6.59. The smallest absolute Gasteiger partial charge is 0.275 e. The number of piperazine rings is 1. The molecule has 0 spiro atoms. The van der Waals surface area contributed by atoms with Gasteiger partial charge in [-0.25, -0.2) is 0 Å². The number of aromatic nitrogens is 1. The van der Waals surface area contributed by atoms with Gasteiger partial charge in [0.05, 0.1) is 27.3 Å². The normalized spacial score (nSPS) is 16.4. The van der Waals surface area contributed by atoms with Crippen molar-refractivity contribution < 1.29 is 24.0 Å². The van der Waals surface area contributed by atoms with Crippen LogP contribution in [0.4, 0.5) is 0 Å². The number of hydrogen-bond acceptors (Lipinski definition) is 4. The number of carbonyl (C=O) groups excluding carboxylic acids is 2. The molecule has 2 heterocycles. The molecule has 7 nitrogen and oxygen atoms in total. The number of aryl methyl sites for hydroxylation is 2. The highest BCUT2D eigenvalue weighted by Gasteiger charge is 2.25. The molecule has 1 amide bonds. The molecule has 1 aromatic heterocycles. The van der Waals surface area contributed by atoms with Gasteiger partial charge in [-0.2, -0.15) is 0 Å². The Hall–Kier alpha value is -2.80. The van der Waals surface area contributed by atoms with Crippen molar-refractivity contribution in [3.8, 4) is 11.5 Å². The summed E-state index contributed by atoms with van der Waals surface area (Å²) >= 11 is 0. The molecule has 156 valence electrons. The fourth-order valence-corrected chi connectivity index (χ4v) is 3.93. The van der Waals surface area contributed by atoms with Gasteiger partial charge in [-0.1, -0.05) is 6.07 Å². The number of nitrogens with zero attached hydrogens (tertiary/aromatic N) is 1. The van der Waals surface area contributed by atoms with Crippen LogP contribution in [-0.4, -0.2) is 56.7 Å². The van der Waals surface area contributed by atoms with Crippen molar-refractivity contribution in [1.82, 2.24) is 9.88 Å². The number of ketones is 1. The summed E-state index contributed by atoms with van der Waals surface area (Å²) in [5.41, 5.74) is 3.95. The molecule has 0 radical (unpaired) electrons. The quantitative estimate of drug-likeness (QED) is 0.635. The Balaban J connectivity index is 1.69. The molecule has 1 saturated heterocycles. The monoisotopic (exact) mass is 400 g/mol. The number of hydrogen-bond donors (Lipinski definition) is 2. The second kappa shape index (κ2) is 9.13. The summed E-state index contributed by atoms with van der Waals surface area (Å²) in [5.74, 6) is 1.54. The van der Waals surface area contributed by atoms with Crippen LogP contribution >= 0.6 is 0 Å². The predicted octanol–water partition coefficient (Wildman–Crippen LogP) is 0.562. The highest BCUT2D eigenvalue weighted by atomic mass is 16.5. The van der Waals surface area contributed by atoms with Crippen molar-refractivity contribution >= 4 is 11.7 Å². The van der Waals surface area contributed by atoms with Gasteiger partial charge in [0, 0.05) is 23.5 Å². The number of nitrogens with one attached hydrogen (secondary N) is 2. The minimum Gasteiger partial charge on any atom is -0.493 e. The van der Waals surface area contributed by atoms with E-state index in [4.69, 9.17) is 9.47 Å². The van der Waals surface area contributed by atoms with Crippen LogP contribution in [0.2, 0.25) is 0 Å². The molecule has 7 heteroatoms. The maximum absolute atomic E-state index is 12.8. The molecular weight excluding hydrogens is 370 g/mol. The van der Waals surface area contributed by atoms with Gasteiger partial charge < -0.3 is 24.3 Å². The van der Waals surface area contributed by atoms with Gasteiger partial charge in [0.25, 0.3) is 5.91 Å². The molecule has 0 aliphatic carbocycles. The molecule has 1 aliphatic rings. The lowest BCUT2D eigenvalue weighted by Crippen LogP contribution is -3.16. The van der Waals surface area contributed by atoms with Gasteiger partial charge in [0.1, 0.15) is 6.54 Å². The lowest BCUT2D eigenvalue weighted by Gasteiger charge is -2.22. The third kappa shape index (κ3) is 4.79. The number of ether oxygens (including phenoxy) is 2. The summed E-state index contributed by atoms with van der Waals surface area (Å²) in [7, 11) is 3.26. The Morgan fingerprint density at radius 1 is 1.17 bits per heavy atom. The summed E-state index contributed by atoms with van der Waals surface area (Å²) in [5, 5.41) is 2.81. The Bertz CT molecular complexity index is 904. The van der Waals surface area contributed by atoms with E-state index in [1.807, 2.05) is 38.1 Å². The van der Waals surface area contributed by atoms with E-state index >= 15 is 0 Å². The van der Waals surface area contributed by atoms with E-state index in [9.17, 15) is 9.59 Å². The van der Waals surface area contributed by atoms with E-state index in [0.29, 0.717) is 25.4 Å². The largest absolute Gasteiger partial charge is 0.493 e. The van der Waals surface area contributed by atoms with Crippen molar-refractivity contribution in [2.24, 2.45) is 0 Å². The van der Waals surface area contributed by atoms with E-state index in [0.717, 1.165) is 52.7 Å². The number of methoxy groups -OCH3 is 2. The maximum Gasteiger partial charge on any atom is 0.275 e. The van der Waals surface area contributed by atoms with Crippen LogP contribution in [0.5, 0.6) is 11.5 Å². The molecule has 1 aromatic carbocycles. The topological polar surface area (TPSA) is 74.0 Å². The second-order valence-corrected chi connectivity index (χ2v) is 7.50. The van der Waals surface area contributed by atoms with Gasteiger partial charge in [0.15, 0.2) is 18.0 Å². The average Bonchev–Trinajstić information content (AvgIpc) is 3.00. The molecule has 1 atom stereocenters. The van der Waals surface area contributed by atoms with Crippen molar-refractivity contribution in [3.63, 3.8) is 0 Å². The minimum atomic E-state index is 0.0134. The summed E-state index contributed by atoms with van der Waals surface area (Å²) in [6.07, 6.45) is 0.821. The van der Waals surface area contributed by atoms with Gasteiger partial charge >= 0.3 is 0 Å². The number of benzene rings is 1. The molecule has 1 unspecified atom stereocenters. The van der Waals surface area contributed by atoms with Gasteiger partial charge in [0.2, 0.25) is 5.78 Å². The van der Waals surface area contributed by atoms with Crippen LogP contribution in [0, 0.1) is 13.8 Å². The van der Waals surface area contributed by atoms with Crippen molar-refractivity contribution in [3.05, 3.63) is 46.8 Å². The van der Waals surface area contributed by atoms with Crippen LogP contribution in [0.15, 0.2) is 24.3 Å². The van der Waals surface area contributed by atoms with E-state index in [-0.39, 0.29) is 11.7 Å². The minimum absolute atomic E-state index is 0.0134. The Morgan fingerprint density at radius 2 is 1.93 bits per heavy atom. The first-order valence-electron chi connectivity index (χ1n) is 9.94. The highest BCUT2D eigenvalue weighted by Crippen LogP contribution is 2.28. The molecule has 3 rings (SSSR count). The molecule has 1 aliphatic heterocycles. The SMILES string of the molecule is COc1ccc(CCn2c(C)cc(C(=O)C[NH+]3CCNC(=O)C3)c2C)cc1OC. The first kappa shape index (κ1) is 20.9. The first-order chi connectivity index (χ1) is 13.9. The molecule has 2 N–H and O–H groups in total. The van der Waals surface area contributed by atoms with Gasteiger partial charge in [-0.15, -0.1) is 0 Å². The third-order valence-electron chi connectivity index (χ3n) is 5.57. The van der Waals surface area contributed by atoms with Crippen LogP contribution in [0.1, 0.15) is 27.3 Å². The summed E-state index contributed by atoms with van der Waals surface area (Å²) in [6.45, 7) is 6.94. The highest BCUT2D eigenvalue weighted by molar-refractivity contribution is 5.98. The molecule has 2 aromatic rings. The first-order valence-corrected chi connectivity index (χ1v) is 9.94. The fraction of sp³-hybridized carbons (Fsp3) is 0.455. The molecule has 1 fully saturated rings. The maximum atomic E-state index is 12.8. The van der Waals surface area contributed by atoms with E-state index in [2.05, 4.69) is 9.88 Å². The van der Waals surface area contributed by atoms with Crippen LogP contribution < -0.4 is 19.7 Å². The molecule has 0 bridgehead atoms. The zero-order valence-corrected chi connectivity index (χ0v) is 17.6. The number of rotatable bonds is 8. The van der Waals surface area contributed by atoms with Crippen LogP contribution in [-0.2, 0) is 17.8 Å². The fourth-order valence-electron chi connectivity index (χ4n) is 3.93. The number of quaternary nitrogens is 1. The zero-order valence-electron chi connectivity index (χ0n) is 17.6. The molecule has 0 saturated carbocycles. The number of amides is 1. The van der Waals surface area contributed by atoms with E-state index in [1.54, 1.807) is 14.2 Å². The third-order valence-corrected chi connectivity index (χ3v) is 5.57. The second-order valence-electron chi connectivity index (χ2n) is 7.50. The summed E-state index contributed by atoms with van der Waals surface area (Å²) in [4.78, 5) is 25.4. The Labute approximate surface area is 171 Å². The van der Waals surface area contributed by atoms with Gasteiger partial charge in [-0.05, 0) is 44.0 Å². The molecule has 29 heavy (non-hydrogen) atoms. The Morgan fingerprint density at radius 3 is 2.62 bits per heavy atom. The van der Waals surface area contributed by atoms with E-state index < -0.39 is 0 Å². The predicted molar refractivity (Wildman–Crippen MR) is 110 cm³/mol. The van der Waals surface area contributed by atoms with Crippen molar-refractivity contribution in [2.45, 2.75) is 26.8 Å². The average molecular weight is 400 g/mol. The van der Waals surface area contributed by atoms with Crippen molar-refractivity contribution in [1.29, 1.82) is 0 Å². The number of carbonyl (C=O) groups is 2. The standard InChI is InChI=1S/C22H29N3O4/c1-15-11-18(19(26)13-24-10-8-23-22(27)14-24)16(2)25(15)9-7-17-5-6-20(28-3)21(12-17)29-4/h5-6,11-12H,7-10,13-14H2,1-4H3,(H,23,27)/p+1. The zero-order chi connectivity index (χ0) is 21.0. The lowest BCUT2D eigenvalue weighted by molar-refractivity contribution is -0.884. The summed E-state index contributed by atoms with van der Waals surface area (Å²) < 4.78 is 12.9. The number of Topliss-reactive ketones (excluding diaryl/α,β-unsaturated/α-hetero) is 1. The lowest BCUT2D eigenvalue weighted by atomic mass is 10.1. The van der Waals surface area contributed by atoms with Gasteiger partial charge in [-0.3, -0.25) is 9.59 Å².